The quantitative estimate of drug-likeness (QED) is 0.676. The van der Waals surface area contributed by atoms with E-state index >= 15 is 0 Å². The zero-order valence-corrected chi connectivity index (χ0v) is 16.8. The van der Waals surface area contributed by atoms with Gasteiger partial charge in [-0.3, -0.25) is 9.69 Å². The maximum atomic E-state index is 14.0. The number of nitrogens with zero attached hydrogens (tertiary/aromatic N) is 2. The number of halogens is 4. The highest BCUT2D eigenvalue weighted by Crippen LogP contribution is 2.41. The average Bonchev–Trinajstić information content (AvgIpc) is 3.11. The van der Waals surface area contributed by atoms with Crippen LogP contribution in [-0.2, 0) is 11.3 Å². The summed E-state index contributed by atoms with van der Waals surface area (Å²) in [5.41, 5.74) is -0.589. The fourth-order valence-corrected chi connectivity index (χ4v) is 4.90. The van der Waals surface area contributed by atoms with E-state index < -0.39 is 23.5 Å². The number of hydrogen-bond donors (Lipinski definition) is 1. The van der Waals surface area contributed by atoms with Crippen molar-refractivity contribution in [2.75, 3.05) is 5.32 Å². The van der Waals surface area contributed by atoms with E-state index in [0.717, 1.165) is 23.8 Å². The number of alkyl halides is 3. The molecule has 1 aromatic rings. The van der Waals surface area contributed by atoms with Crippen LogP contribution in [0, 0.1) is 0 Å². The van der Waals surface area contributed by atoms with E-state index in [1.165, 1.54) is 18.3 Å². The summed E-state index contributed by atoms with van der Waals surface area (Å²) in [7, 11) is 0. The lowest BCUT2D eigenvalue weighted by Gasteiger charge is -2.26. The second kappa shape index (κ2) is 7.94. The maximum absolute atomic E-state index is 14.0. The van der Waals surface area contributed by atoms with Crippen LogP contribution in [0.15, 0.2) is 23.6 Å². The van der Waals surface area contributed by atoms with Crippen LogP contribution >= 0.6 is 11.3 Å². The molecule has 1 aliphatic heterocycles. The number of hydrogen-bond acceptors (Lipinski definition) is 4. The van der Waals surface area contributed by atoms with Crippen LogP contribution in [0.2, 0.25) is 0 Å². The summed E-state index contributed by atoms with van der Waals surface area (Å²) in [4.78, 5) is 18.8. The van der Waals surface area contributed by atoms with Gasteiger partial charge in [0.1, 0.15) is 5.83 Å². The van der Waals surface area contributed by atoms with Gasteiger partial charge >= 0.3 is 6.18 Å². The number of amides is 1. The molecule has 2 heterocycles. The third-order valence-electron chi connectivity index (χ3n) is 5.26. The van der Waals surface area contributed by atoms with E-state index in [2.05, 4.69) is 29.0 Å². The molecule has 1 aromatic heterocycles. The van der Waals surface area contributed by atoms with Crippen molar-refractivity contribution in [2.45, 2.75) is 70.8 Å². The summed E-state index contributed by atoms with van der Waals surface area (Å²) in [6.45, 7) is 6.09. The van der Waals surface area contributed by atoms with Crippen LogP contribution in [0.25, 0.3) is 0 Å². The van der Waals surface area contributed by atoms with Crippen LogP contribution < -0.4 is 5.32 Å². The second-order valence-electron chi connectivity index (χ2n) is 7.48. The first-order chi connectivity index (χ1) is 13.0. The lowest BCUT2D eigenvalue weighted by molar-refractivity contribution is -0.114. The zero-order chi connectivity index (χ0) is 20.6. The number of carbonyl (C=O) groups excluding carboxylic acids is 1. The van der Waals surface area contributed by atoms with E-state index in [-0.39, 0.29) is 12.3 Å². The Hall–Kier alpha value is -1.74. The molecule has 1 N–H and O–H groups in total. The van der Waals surface area contributed by atoms with Crippen molar-refractivity contribution >= 4 is 22.4 Å². The van der Waals surface area contributed by atoms with Gasteiger partial charge in [-0.25, -0.2) is 9.37 Å². The van der Waals surface area contributed by atoms with Crippen molar-refractivity contribution in [3.63, 3.8) is 0 Å². The minimum atomic E-state index is -4.62. The van der Waals surface area contributed by atoms with Crippen LogP contribution in [0.1, 0.15) is 56.5 Å². The molecule has 1 unspecified atom stereocenters. The van der Waals surface area contributed by atoms with E-state index in [9.17, 15) is 22.4 Å². The van der Waals surface area contributed by atoms with Gasteiger partial charge in [-0.05, 0) is 32.8 Å². The van der Waals surface area contributed by atoms with E-state index in [4.69, 9.17) is 0 Å². The number of likely N-dealkylation sites (tertiary alicyclic amines) is 1. The Balaban J connectivity index is 1.97. The van der Waals surface area contributed by atoms with Gasteiger partial charge in [0.05, 0.1) is 11.3 Å². The highest BCUT2D eigenvalue weighted by molar-refractivity contribution is 7.15. The molecule has 28 heavy (non-hydrogen) atoms. The van der Waals surface area contributed by atoms with Gasteiger partial charge in [0.2, 0.25) is 5.91 Å². The van der Waals surface area contributed by atoms with Gasteiger partial charge in [0.15, 0.2) is 5.13 Å². The minimum Gasteiger partial charge on any atom is -0.302 e. The third kappa shape index (κ3) is 4.63. The van der Waals surface area contributed by atoms with Crippen molar-refractivity contribution in [1.82, 2.24) is 9.88 Å². The summed E-state index contributed by atoms with van der Waals surface area (Å²) >= 11 is 1.25. The van der Waals surface area contributed by atoms with Crippen LogP contribution in [0.3, 0.4) is 0 Å². The summed E-state index contributed by atoms with van der Waals surface area (Å²) in [6, 6.07) is 0.692. The molecule has 1 amide bonds. The van der Waals surface area contributed by atoms with Gasteiger partial charge < -0.3 is 5.32 Å². The zero-order valence-electron chi connectivity index (χ0n) is 15.9. The monoisotopic (exact) mass is 417 g/mol. The first-order valence-corrected chi connectivity index (χ1v) is 10.0. The molecule has 0 bridgehead atoms. The molecule has 0 spiro atoms. The van der Waals surface area contributed by atoms with Gasteiger partial charge in [-0.2, -0.15) is 13.2 Å². The smallest absolute Gasteiger partial charge is 0.302 e. The molecule has 2 aliphatic rings. The van der Waals surface area contributed by atoms with E-state index in [1.807, 2.05) is 0 Å². The molecule has 4 nitrogen and oxygen atoms in total. The number of carbonyl (C=O) groups is 1. The summed E-state index contributed by atoms with van der Waals surface area (Å²) < 4.78 is 53.4. The highest BCUT2D eigenvalue weighted by atomic mass is 32.1. The Kier molecular flexibility index (Phi) is 5.95. The molecule has 1 fully saturated rings. The largest absolute Gasteiger partial charge is 0.416 e. The predicted molar refractivity (Wildman–Crippen MR) is 101 cm³/mol. The average molecular weight is 417 g/mol. The van der Waals surface area contributed by atoms with Gasteiger partial charge in [0, 0.05) is 42.8 Å². The van der Waals surface area contributed by atoms with Crippen LogP contribution in [-0.4, -0.2) is 34.1 Å². The second-order valence-corrected chi connectivity index (χ2v) is 8.56. The fourth-order valence-electron chi connectivity index (χ4n) is 3.81. The standard InChI is InChI=1S/C19H23F4N3OS/c1-10-4-5-11(2)26(10)9-16-17(25-18(28-16)24-12(3)27)13-6-14(19(21,22)23)8-15(20)7-13/h6,8,10-11,13H,4-5,7,9H2,1-3H3,(H,24,25,27)/t10-,11+,13?. The summed E-state index contributed by atoms with van der Waals surface area (Å²) in [5.74, 6) is -1.94. The molecule has 0 saturated carbocycles. The maximum Gasteiger partial charge on any atom is 0.416 e. The normalized spacial score (nSPS) is 26.2. The lowest BCUT2D eigenvalue weighted by atomic mass is 9.91. The molecule has 0 aromatic carbocycles. The first kappa shape index (κ1) is 21.0. The van der Waals surface area contributed by atoms with Crippen molar-refractivity contribution in [2.24, 2.45) is 0 Å². The molecule has 3 atom stereocenters. The number of rotatable bonds is 4. The number of aromatic nitrogens is 1. The number of allylic oxidation sites excluding steroid dienone is 4. The van der Waals surface area contributed by atoms with Crippen molar-refractivity contribution in [3.05, 3.63) is 34.1 Å². The lowest BCUT2D eigenvalue weighted by Crippen LogP contribution is -2.32. The van der Waals surface area contributed by atoms with Crippen LogP contribution in [0.4, 0.5) is 22.7 Å². The van der Waals surface area contributed by atoms with Crippen molar-refractivity contribution in [1.29, 1.82) is 0 Å². The number of anilines is 1. The molecule has 9 heteroatoms. The predicted octanol–water partition coefficient (Wildman–Crippen LogP) is 5.30. The number of thiazole rings is 1. The Morgan fingerprint density at radius 2 is 1.96 bits per heavy atom. The van der Waals surface area contributed by atoms with E-state index in [1.54, 1.807) is 0 Å². The number of nitrogens with one attached hydrogen (secondary N) is 1. The molecular weight excluding hydrogens is 394 g/mol. The van der Waals surface area contributed by atoms with Crippen LogP contribution in [0.5, 0.6) is 0 Å². The topological polar surface area (TPSA) is 45.2 Å². The third-order valence-corrected chi connectivity index (χ3v) is 6.23. The van der Waals surface area contributed by atoms with Crippen molar-refractivity contribution in [3.8, 4) is 0 Å². The Morgan fingerprint density at radius 1 is 1.32 bits per heavy atom. The van der Waals surface area contributed by atoms with Gasteiger partial charge in [0.25, 0.3) is 0 Å². The Morgan fingerprint density at radius 3 is 2.54 bits per heavy atom. The SMILES string of the molecule is CC(=O)Nc1nc(C2C=C(C(F)(F)F)C=C(F)C2)c(CN2[C@H](C)CC[C@@H]2C)s1. The Bertz CT molecular complexity index is 805. The Labute approximate surface area is 165 Å². The van der Waals surface area contributed by atoms with Gasteiger partial charge in [-0.1, -0.05) is 6.08 Å². The molecular formula is C19H23F4N3OS. The van der Waals surface area contributed by atoms with Gasteiger partial charge in [-0.15, -0.1) is 11.3 Å². The molecule has 1 saturated heterocycles. The minimum absolute atomic E-state index is 0.166. The highest BCUT2D eigenvalue weighted by Gasteiger charge is 2.37. The molecule has 3 rings (SSSR count). The molecule has 154 valence electrons. The molecule has 1 aliphatic carbocycles. The van der Waals surface area contributed by atoms with E-state index in [0.29, 0.717) is 35.5 Å². The fraction of sp³-hybridized carbons (Fsp3) is 0.579. The summed E-state index contributed by atoms with van der Waals surface area (Å²) in [6.07, 6.45) is -1.11. The molecule has 0 radical (unpaired) electrons. The summed E-state index contributed by atoms with van der Waals surface area (Å²) in [5, 5.41) is 2.93. The van der Waals surface area contributed by atoms with Crippen molar-refractivity contribution < 1.29 is 22.4 Å². The first-order valence-electron chi connectivity index (χ1n) is 9.22.